The number of carbonyl (C=O) groups excluding carboxylic acids is 1. The number of anilines is 2. The molecule has 0 atom stereocenters. The lowest BCUT2D eigenvalue weighted by Crippen LogP contribution is -2.13. The van der Waals surface area contributed by atoms with Gasteiger partial charge in [0.25, 0.3) is 5.91 Å². The Hall–Kier alpha value is -2.40. The molecule has 2 rings (SSSR count). The number of hydrogen-bond donors (Lipinski definition) is 4. The third kappa shape index (κ3) is 2.71. The molecule has 0 aliphatic heterocycles. The van der Waals surface area contributed by atoms with E-state index >= 15 is 0 Å². The maximum atomic E-state index is 12.0. The van der Waals surface area contributed by atoms with Crippen molar-refractivity contribution in [2.45, 2.75) is 0 Å². The second-order valence-corrected chi connectivity index (χ2v) is 4.27. The van der Waals surface area contributed by atoms with E-state index in [1.165, 1.54) is 12.1 Å². The monoisotopic (exact) mass is 278 g/mol. The average molecular weight is 279 g/mol. The molecule has 0 unspecified atom stereocenters. The van der Waals surface area contributed by atoms with Crippen molar-refractivity contribution in [2.75, 3.05) is 11.1 Å². The van der Waals surface area contributed by atoms with Crippen molar-refractivity contribution < 1.29 is 15.0 Å². The molecule has 6 heteroatoms. The summed E-state index contributed by atoms with van der Waals surface area (Å²) in [7, 11) is 0. The van der Waals surface area contributed by atoms with Gasteiger partial charge in [-0.1, -0.05) is 17.7 Å². The Balaban J connectivity index is 2.28. The first-order chi connectivity index (χ1) is 8.99. The maximum Gasteiger partial charge on any atom is 0.255 e. The predicted octanol–water partition coefficient (Wildman–Crippen LogP) is 2.59. The Kier molecular flexibility index (Phi) is 3.48. The third-order valence-corrected chi connectivity index (χ3v) is 2.84. The van der Waals surface area contributed by atoms with Crippen LogP contribution in [0, 0.1) is 0 Å². The summed E-state index contributed by atoms with van der Waals surface area (Å²) in [5.74, 6) is -1.16. The number of benzene rings is 2. The molecule has 0 spiro atoms. The van der Waals surface area contributed by atoms with E-state index in [1.54, 1.807) is 18.2 Å². The van der Waals surface area contributed by atoms with Gasteiger partial charge < -0.3 is 21.3 Å². The number of rotatable bonds is 2. The van der Waals surface area contributed by atoms with Gasteiger partial charge in [0.1, 0.15) is 0 Å². The molecular weight excluding hydrogens is 268 g/mol. The van der Waals surface area contributed by atoms with E-state index < -0.39 is 5.91 Å². The summed E-state index contributed by atoms with van der Waals surface area (Å²) in [6.45, 7) is 0. The zero-order valence-electron chi connectivity index (χ0n) is 9.72. The van der Waals surface area contributed by atoms with Crippen LogP contribution in [-0.2, 0) is 0 Å². The molecule has 0 aliphatic rings. The normalized spacial score (nSPS) is 10.2. The lowest BCUT2D eigenvalue weighted by Gasteiger charge is -2.10. The van der Waals surface area contributed by atoms with E-state index in [9.17, 15) is 15.0 Å². The molecular formula is C13H11ClN2O3. The largest absolute Gasteiger partial charge is 0.504 e. The number of phenolic OH excluding ortho intramolecular Hbond substituents is 2. The Morgan fingerprint density at radius 2 is 1.89 bits per heavy atom. The minimum Gasteiger partial charge on any atom is -0.504 e. The smallest absolute Gasteiger partial charge is 0.255 e. The first kappa shape index (κ1) is 13.0. The number of carbonyl (C=O) groups is 1. The predicted molar refractivity (Wildman–Crippen MR) is 73.6 cm³/mol. The summed E-state index contributed by atoms with van der Waals surface area (Å²) in [6.07, 6.45) is 0. The van der Waals surface area contributed by atoms with Gasteiger partial charge in [0.2, 0.25) is 0 Å². The standard InChI is InChI=1S/C13H11ClN2O3/c14-8-2-1-3-9(15)12(8)16-13(19)7-4-5-10(17)11(18)6-7/h1-6,17-18H,15H2,(H,16,19). The van der Waals surface area contributed by atoms with Crippen LogP contribution in [0.4, 0.5) is 11.4 Å². The fraction of sp³-hybridized carbons (Fsp3) is 0. The molecule has 0 aliphatic carbocycles. The Morgan fingerprint density at radius 1 is 1.16 bits per heavy atom. The summed E-state index contributed by atoms with van der Waals surface area (Å²) in [5.41, 5.74) is 6.53. The molecule has 1 amide bonds. The summed E-state index contributed by atoms with van der Waals surface area (Å²) in [6, 6.07) is 8.62. The lowest BCUT2D eigenvalue weighted by molar-refractivity contribution is 0.102. The van der Waals surface area contributed by atoms with E-state index in [-0.39, 0.29) is 17.1 Å². The third-order valence-electron chi connectivity index (χ3n) is 2.52. The zero-order valence-corrected chi connectivity index (χ0v) is 10.5. The van der Waals surface area contributed by atoms with Crippen molar-refractivity contribution in [3.05, 3.63) is 47.0 Å². The van der Waals surface area contributed by atoms with E-state index in [0.29, 0.717) is 16.4 Å². The van der Waals surface area contributed by atoms with E-state index in [1.807, 2.05) is 0 Å². The van der Waals surface area contributed by atoms with Crippen LogP contribution in [0.2, 0.25) is 5.02 Å². The quantitative estimate of drug-likeness (QED) is 0.501. The maximum absolute atomic E-state index is 12.0. The summed E-state index contributed by atoms with van der Waals surface area (Å²) in [4.78, 5) is 12.0. The fourth-order valence-electron chi connectivity index (χ4n) is 1.52. The van der Waals surface area contributed by atoms with Crippen LogP contribution < -0.4 is 11.1 Å². The molecule has 2 aromatic rings. The SMILES string of the molecule is Nc1cccc(Cl)c1NC(=O)c1ccc(O)c(O)c1. The van der Waals surface area contributed by atoms with E-state index in [4.69, 9.17) is 17.3 Å². The number of aromatic hydroxyl groups is 2. The molecule has 5 N–H and O–H groups in total. The van der Waals surface area contributed by atoms with Crippen LogP contribution in [0.15, 0.2) is 36.4 Å². The molecule has 0 saturated heterocycles. The van der Waals surface area contributed by atoms with Gasteiger partial charge in [-0.05, 0) is 30.3 Å². The van der Waals surface area contributed by atoms with Crippen molar-refractivity contribution in [1.29, 1.82) is 0 Å². The Labute approximate surface area is 114 Å². The van der Waals surface area contributed by atoms with Gasteiger partial charge in [-0.25, -0.2) is 0 Å². The van der Waals surface area contributed by atoms with Crippen LogP contribution in [0.3, 0.4) is 0 Å². The second-order valence-electron chi connectivity index (χ2n) is 3.86. The van der Waals surface area contributed by atoms with Crippen molar-refractivity contribution in [3.8, 4) is 11.5 Å². The second kappa shape index (κ2) is 5.07. The molecule has 2 aromatic carbocycles. The molecule has 0 fully saturated rings. The Morgan fingerprint density at radius 3 is 2.53 bits per heavy atom. The van der Waals surface area contributed by atoms with Crippen LogP contribution in [0.25, 0.3) is 0 Å². The first-order valence-corrected chi connectivity index (χ1v) is 5.74. The molecule has 0 radical (unpaired) electrons. The average Bonchev–Trinajstić information content (AvgIpc) is 2.37. The number of amides is 1. The van der Waals surface area contributed by atoms with Crippen LogP contribution in [0.1, 0.15) is 10.4 Å². The highest BCUT2D eigenvalue weighted by Gasteiger charge is 2.12. The highest BCUT2D eigenvalue weighted by Crippen LogP contribution is 2.29. The number of hydrogen-bond acceptors (Lipinski definition) is 4. The fourth-order valence-corrected chi connectivity index (χ4v) is 1.75. The zero-order chi connectivity index (χ0) is 14.0. The van der Waals surface area contributed by atoms with Crippen molar-refractivity contribution in [3.63, 3.8) is 0 Å². The van der Waals surface area contributed by atoms with E-state index in [0.717, 1.165) is 6.07 Å². The highest BCUT2D eigenvalue weighted by atomic mass is 35.5. The van der Waals surface area contributed by atoms with Gasteiger partial charge in [0.05, 0.1) is 16.4 Å². The van der Waals surface area contributed by atoms with Gasteiger partial charge in [0.15, 0.2) is 11.5 Å². The number of para-hydroxylation sites is 1. The van der Waals surface area contributed by atoms with Gasteiger partial charge in [0, 0.05) is 5.56 Å². The lowest BCUT2D eigenvalue weighted by atomic mass is 10.1. The van der Waals surface area contributed by atoms with Crippen LogP contribution in [-0.4, -0.2) is 16.1 Å². The number of halogens is 1. The van der Waals surface area contributed by atoms with Crippen molar-refractivity contribution in [1.82, 2.24) is 0 Å². The van der Waals surface area contributed by atoms with Gasteiger partial charge in [-0.3, -0.25) is 4.79 Å². The summed E-state index contributed by atoms with van der Waals surface area (Å²) in [5, 5.41) is 21.4. The summed E-state index contributed by atoms with van der Waals surface area (Å²) >= 11 is 5.93. The van der Waals surface area contributed by atoms with Gasteiger partial charge in [-0.15, -0.1) is 0 Å². The first-order valence-electron chi connectivity index (χ1n) is 5.36. The number of nitrogen functional groups attached to an aromatic ring is 1. The molecule has 0 heterocycles. The van der Waals surface area contributed by atoms with Gasteiger partial charge >= 0.3 is 0 Å². The Bertz CT molecular complexity index is 624. The molecule has 19 heavy (non-hydrogen) atoms. The molecule has 0 saturated carbocycles. The number of phenols is 2. The topological polar surface area (TPSA) is 95.6 Å². The van der Waals surface area contributed by atoms with Crippen molar-refractivity contribution >= 4 is 28.9 Å². The molecule has 0 aromatic heterocycles. The minimum absolute atomic E-state index is 0.176. The van der Waals surface area contributed by atoms with Crippen LogP contribution >= 0.6 is 11.6 Å². The minimum atomic E-state index is -0.491. The molecule has 5 nitrogen and oxygen atoms in total. The molecule has 0 bridgehead atoms. The van der Waals surface area contributed by atoms with E-state index in [2.05, 4.69) is 5.32 Å². The molecule has 98 valence electrons. The highest BCUT2D eigenvalue weighted by molar-refractivity contribution is 6.34. The number of nitrogens with two attached hydrogens (primary N) is 1. The number of nitrogens with one attached hydrogen (secondary N) is 1. The van der Waals surface area contributed by atoms with Crippen LogP contribution in [0.5, 0.6) is 11.5 Å². The summed E-state index contributed by atoms with van der Waals surface area (Å²) < 4.78 is 0. The van der Waals surface area contributed by atoms with Gasteiger partial charge in [-0.2, -0.15) is 0 Å². The van der Waals surface area contributed by atoms with Crippen molar-refractivity contribution in [2.24, 2.45) is 0 Å².